The Bertz CT molecular complexity index is 493. The van der Waals surface area contributed by atoms with Gasteiger partial charge in [0, 0.05) is 13.1 Å². The molecule has 1 saturated heterocycles. The molecule has 0 aliphatic carbocycles. The number of anilines is 1. The molecule has 0 N–H and O–H groups in total. The zero-order chi connectivity index (χ0) is 13.3. The van der Waals surface area contributed by atoms with Crippen LogP contribution >= 0.6 is 15.9 Å². The van der Waals surface area contributed by atoms with Crippen LogP contribution in [0.1, 0.15) is 25.8 Å². The molecule has 0 saturated carbocycles. The van der Waals surface area contributed by atoms with Crippen LogP contribution in [0, 0.1) is 29.0 Å². The van der Waals surface area contributed by atoms with Crippen molar-refractivity contribution in [2.75, 3.05) is 18.0 Å². The van der Waals surface area contributed by atoms with Crippen molar-refractivity contribution in [2.45, 2.75) is 20.3 Å². The van der Waals surface area contributed by atoms with Gasteiger partial charge in [-0.15, -0.1) is 0 Å². The molecule has 96 valence electrons. The first-order chi connectivity index (χ1) is 8.54. The largest absolute Gasteiger partial charge is 0.369 e. The molecule has 1 aromatic carbocycles. The van der Waals surface area contributed by atoms with Crippen molar-refractivity contribution in [3.63, 3.8) is 0 Å². The van der Waals surface area contributed by atoms with Crippen molar-refractivity contribution in [3.8, 4) is 6.07 Å². The highest BCUT2D eigenvalue weighted by atomic mass is 79.9. The van der Waals surface area contributed by atoms with Gasteiger partial charge in [0.05, 0.1) is 15.7 Å². The van der Waals surface area contributed by atoms with E-state index in [4.69, 9.17) is 5.26 Å². The van der Waals surface area contributed by atoms with E-state index in [0.29, 0.717) is 23.1 Å². The molecule has 1 heterocycles. The normalized spacial score (nSPS) is 19.3. The number of benzene rings is 1. The fourth-order valence-corrected chi connectivity index (χ4v) is 2.84. The van der Waals surface area contributed by atoms with Gasteiger partial charge in [-0.05, 0) is 46.3 Å². The van der Waals surface area contributed by atoms with Crippen molar-refractivity contribution in [3.05, 3.63) is 28.0 Å². The molecule has 1 aliphatic heterocycles. The Kier molecular flexibility index (Phi) is 3.91. The third-order valence-corrected chi connectivity index (χ3v) is 4.47. The third-order valence-electron chi connectivity index (χ3n) is 3.69. The second-order valence-corrected chi connectivity index (χ2v) is 5.90. The Hall–Kier alpha value is -1.08. The van der Waals surface area contributed by atoms with Crippen LogP contribution in [-0.4, -0.2) is 13.1 Å². The van der Waals surface area contributed by atoms with Crippen molar-refractivity contribution < 1.29 is 4.39 Å². The first-order valence-electron chi connectivity index (χ1n) is 6.17. The molecule has 1 fully saturated rings. The van der Waals surface area contributed by atoms with Crippen LogP contribution in [0.15, 0.2) is 16.6 Å². The summed E-state index contributed by atoms with van der Waals surface area (Å²) in [7, 11) is 0. The molecule has 0 aromatic heterocycles. The molecule has 0 bridgehead atoms. The molecule has 2 rings (SSSR count). The second kappa shape index (κ2) is 5.27. The Balaban J connectivity index is 2.26. The van der Waals surface area contributed by atoms with Crippen molar-refractivity contribution in [1.29, 1.82) is 5.26 Å². The Morgan fingerprint density at radius 2 is 2.22 bits per heavy atom. The summed E-state index contributed by atoms with van der Waals surface area (Å²) in [5.74, 6) is 0.928. The number of nitrogens with zero attached hydrogens (tertiary/aromatic N) is 2. The molecule has 0 spiro atoms. The molecule has 0 amide bonds. The first kappa shape index (κ1) is 13.4. The SMILES string of the molecule is CC(C)C1CCN(c2ccc(C#N)c(Br)c2F)C1. The highest BCUT2D eigenvalue weighted by molar-refractivity contribution is 9.10. The highest BCUT2D eigenvalue weighted by Gasteiger charge is 2.27. The maximum atomic E-state index is 14.2. The lowest BCUT2D eigenvalue weighted by Crippen LogP contribution is -2.22. The number of halogens is 2. The van der Waals surface area contributed by atoms with Crippen molar-refractivity contribution >= 4 is 21.6 Å². The number of hydrogen-bond acceptors (Lipinski definition) is 2. The lowest BCUT2D eigenvalue weighted by atomic mass is 9.95. The van der Waals surface area contributed by atoms with E-state index in [9.17, 15) is 4.39 Å². The van der Waals surface area contributed by atoms with Gasteiger partial charge in [-0.2, -0.15) is 5.26 Å². The molecule has 1 aromatic rings. The quantitative estimate of drug-likeness (QED) is 0.827. The van der Waals surface area contributed by atoms with Crippen LogP contribution in [0.2, 0.25) is 0 Å². The summed E-state index contributed by atoms with van der Waals surface area (Å²) in [6.07, 6.45) is 1.11. The fraction of sp³-hybridized carbons (Fsp3) is 0.500. The minimum atomic E-state index is -0.321. The van der Waals surface area contributed by atoms with E-state index in [1.165, 1.54) is 0 Å². The highest BCUT2D eigenvalue weighted by Crippen LogP contribution is 2.33. The minimum Gasteiger partial charge on any atom is -0.369 e. The van der Waals surface area contributed by atoms with E-state index < -0.39 is 0 Å². The summed E-state index contributed by atoms with van der Waals surface area (Å²) in [5.41, 5.74) is 0.944. The van der Waals surface area contributed by atoms with Crippen LogP contribution in [-0.2, 0) is 0 Å². The van der Waals surface area contributed by atoms with Gasteiger partial charge in [-0.3, -0.25) is 0 Å². The van der Waals surface area contributed by atoms with E-state index in [1.807, 2.05) is 6.07 Å². The molecule has 1 unspecified atom stereocenters. The van der Waals surface area contributed by atoms with Gasteiger partial charge in [0.25, 0.3) is 0 Å². The van der Waals surface area contributed by atoms with Crippen LogP contribution in [0.4, 0.5) is 10.1 Å². The fourth-order valence-electron chi connectivity index (χ4n) is 2.42. The monoisotopic (exact) mass is 310 g/mol. The summed E-state index contributed by atoms with van der Waals surface area (Å²) < 4.78 is 14.5. The Morgan fingerprint density at radius 1 is 1.50 bits per heavy atom. The van der Waals surface area contributed by atoms with Gasteiger partial charge in [0.15, 0.2) is 5.82 Å². The van der Waals surface area contributed by atoms with E-state index >= 15 is 0 Å². The number of hydrogen-bond donors (Lipinski definition) is 0. The van der Waals surface area contributed by atoms with Crippen molar-refractivity contribution in [2.24, 2.45) is 11.8 Å². The topological polar surface area (TPSA) is 27.0 Å². The average Bonchev–Trinajstić information content (AvgIpc) is 2.82. The number of nitriles is 1. The molecule has 2 nitrogen and oxygen atoms in total. The van der Waals surface area contributed by atoms with Crippen LogP contribution in [0.25, 0.3) is 0 Å². The smallest absolute Gasteiger partial charge is 0.161 e. The van der Waals surface area contributed by atoms with E-state index in [1.54, 1.807) is 12.1 Å². The predicted molar refractivity (Wildman–Crippen MR) is 74.0 cm³/mol. The van der Waals surface area contributed by atoms with Gasteiger partial charge >= 0.3 is 0 Å². The second-order valence-electron chi connectivity index (χ2n) is 5.11. The molecule has 4 heteroatoms. The molecule has 18 heavy (non-hydrogen) atoms. The minimum absolute atomic E-state index is 0.274. The average molecular weight is 311 g/mol. The van der Waals surface area contributed by atoms with Crippen LogP contribution < -0.4 is 4.90 Å². The van der Waals surface area contributed by atoms with E-state index in [-0.39, 0.29) is 10.3 Å². The molecule has 1 atom stereocenters. The molecular weight excluding hydrogens is 295 g/mol. The van der Waals surface area contributed by atoms with E-state index in [0.717, 1.165) is 19.5 Å². The summed E-state index contributed by atoms with van der Waals surface area (Å²) in [5, 5.41) is 8.85. The molecular formula is C14H16BrFN2. The Morgan fingerprint density at radius 3 is 2.78 bits per heavy atom. The van der Waals surface area contributed by atoms with Crippen molar-refractivity contribution in [1.82, 2.24) is 0 Å². The lowest BCUT2D eigenvalue weighted by Gasteiger charge is -2.21. The van der Waals surface area contributed by atoms with Crippen LogP contribution in [0.3, 0.4) is 0 Å². The standard InChI is InChI=1S/C14H16BrFN2/c1-9(2)11-5-6-18(8-11)12-4-3-10(7-17)13(15)14(12)16/h3-4,9,11H,5-6,8H2,1-2H3. The van der Waals surface area contributed by atoms with Gasteiger partial charge in [-0.1, -0.05) is 13.8 Å². The van der Waals surface area contributed by atoms with Gasteiger partial charge in [0.2, 0.25) is 0 Å². The van der Waals surface area contributed by atoms with E-state index in [2.05, 4.69) is 34.7 Å². The van der Waals surface area contributed by atoms with Crippen LogP contribution in [0.5, 0.6) is 0 Å². The molecule has 1 aliphatic rings. The summed E-state index contributed by atoms with van der Waals surface area (Å²) >= 11 is 3.16. The van der Waals surface area contributed by atoms with Gasteiger partial charge in [-0.25, -0.2) is 4.39 Å². The van der Waals surface area contributed by atoms with Gasteiger partial charge in [0.1, 0.15) is 6.07 Å². The maximum Gasteiger partial charge on any atom is 0.161 e. The zero-order valence-electron chi connectivity index (χ0n) is 10.6. The molecule has 0 radical (unpaired) electrons. The summed E-state index contributed by atoms with van der Waals surface area (Å²) in [4.78, 5) is 2.08. The summed E-state index contributed by atoms with van der Waals surface area (Å²) in [6.45, 7) is 6.20. The maximum absolute atomic E-state index is 14.2. The summed E-state index contributed by atoms with van der Waals surface area (Å²) in [6, 6.07) is 5.36. The third kappa shape index (κ3) is 2.37. The number of rotatable bonds is 2. The first-order valence-corrected chi connectivity index (χ1v) is 6.97. The Labute approximate surface area is 116 Å². The van der Waals surface area contributed by atoms with Gasteiger partial charge < -0.3 is 4.90 Å². The predicted octanol–water partition coefficient (Wildman–Crippen LogP) is 3.94. The zero-order valence-corrected chi connectivity index (χ0v) is 12.2. The lowest BCUT2D eigenvalue weighted by molar-refractivity contribution is 0.422.